The average molecular weight is 310 g/mol. The molecule has 2 aromatic heterocycles. The number of benzene rings is 1. The zero-order chi connectivity index (χ0) is 15.5. The molecule has 2 heterocycles. The highest BCUT2D eigenvalue weighted by Crippen LogP contribution is 2.30. The molecule has 0 atom stereocenters. The maximum absolute atomic E-state index is 5.69. The van der Waals surface area contributed by atoms with E-state index in [9.17, 15) is 0 Å². The maximum atomic E-state index is 5.69. The van der Waals surface area contributed by atoms with E-state index in [2.05, 4.69) is 40.3 Å². The van der Waals surface area contributed by atoms with E-state index in [-0.39, 0.29) is 0 Å². The van der Waals surface area contributed by atoms with Crippen LogP contribution in [0.4, 0.5) is 0 Å². The smallest absolute Gasteiger partial charge is 0.100 e. The summed E-state index contributed by atoms with van der Waals surface area (Å²) in [7, 11) is 0. The number of rotatable bonds is 5. The van der Waals surface area contributed by atoms with Crippen LogP contribution in [0.25, 0.3) is 22.0 Å². The Balaban J connectivity index is 2.22. The first-order chi connectivity index (χ1) is 10.7. The molecule has 0 fully saturated rings. The van der Waals surface area contributed by atoms with Crippen LogP contribution in [0.15, 0.2) is 36.7 Å². The second kappa shape index (κ2) is 6.23. The van der Waals surface area contributed by atoms with Crippen molar-refractivity contribution >= 4 is 28.1 Å². The molecule has 22 heavy (non-hydrogen) atoms. The predicted octanol–water partition coefficient (Wildman–Crippen LogP) is 3.41. The Bertz CT molecular complexity index is 808. The number of thiocarbonyl (C=S) groups is 1. The Hall–Kier alpha value is -2.27. The molecule has 0 unspecified atom stereocenters. The first-order valence-electron chi connectivity index (χ1n) is 7.37. The van der Waals surface area contributed by atoms with Gasteiger partial charge in [0.2, 0.25) is 0 Å². The van der Waals surface area contributed by atoms with Gasteiger partial charge in [-0.1, -0.05) is 31.6 Å². The number of aromatic amines is 1. The molecule has 0 saturated carbocycles. The highest BCUT2D eigenvalue weighted by atomic mass is 32.1. The third-order valence-electron chi connectivity index (χ3n) is 3.66. The van der Waals surface area contributed by atoms with Crippen molar-refractivity contribution in [2.45, 2.75) is 26.2 Å². The van der Waals surface area contributed by atoms with Gasteiger partial charge < -0.3 is 5.73 Å². The van der Waals surface area contributed by atoms with Crippen molar-refractivity contribution in [3.05, 3.63) is 47.9 Å². The molecule has 0 amide bonds. The van der Waals surface area contributed by atoms with Crippen molar-refractivity contribution in [3.8, 4) is 11.1 Å². The highest BCUT2D eigenvalue weighted by molar-refractivity contribution is 7.80. The summed E-state index contributed by atoms with van der Waals surface area (Å²) in [4.78, 5) is 4.69. The fourth-order valence-corrected chi connectivity index (χ4v) is 2.86. The largest absolute Gasteiger partial charge is 0.393 e. The summed E-state index contributed by atoms with van der Waals surface area (Å²) < 4.78 is 0. The Morgan fingerprint density at radius 1 is 1.36 bits per heavy atom. The van der Waals surface area contributed by atoms with E-state index in [4.69, 9.17) is 18.0 Å². The monoisotopic (exact) mass is 310 g/mol. The summed E-state index contributed by atoms with van der Waals surface area (Å²) in [6.45, 7) is 2.18. The van der Waals surface area contributed by atoms with E-state index < -0.39 is 0 Å². The second-order valence-electron chi connectivity index (χ2n) is 5.38. The summed E-state index contributed by atoms with van der Waals surface area (Å²) in [5.41, 5.74) is 11.1. The summed E-state index contributed by atoms with van der Waals surface area (Å²) >= 11 is 5.04. The molecular weight excluding hydrogens is 292 g/mol. The van der Waals surface area contributed by atoms with Crippen LogP contribution >= 0.6 is 12.2 Å². The molecule has 5 heteroatoms. The number of fused-ring (bicyclic) bond motifs is 1. The number of nitrogens with zero attached hydrogens (tertiary/aromatic N) is 2. The number of nitrogens with one attached hydrogen (secondary N) is 1. The Kier molecular flexibility index (Phi) is 4.15. The van der Waals surface area contributed by atoms with Crippen LogP contribution in [-0.2, 0) is 12.8 Å². The molecule has 0 saturated heterocycles. The van der Waals surface area contributed by atoms with Gasteiger partial charge in [-0.15, -0.1) is 0 Å². The quantitative estimate of drug-likeness (QED) is 0.709. The van der Waals surface area contributed by atoms with Crippen molar-refractivity contribution < 1.29 is 0 Å². The first-order valence-corrected chi connectivity index (χ1v) is 7.78. The molecular formula is C17H18N4S. The van der Waals surface area contributed by atoms with Crippen LogP contribution in [0.5, 0.6) is 0 Å². The lowest BCUT2D eigenvalue weighted by Crippen LogP contribution is -2.11. The normalized spacial score (nSPS) is 11.0. The molecule has 4 nitrogen and oxygen atoms in total. The highest BCUT2D eigenvalue weighted by Gasteiger charge is 2.13. The molecule has 0 bridgehead atoms. The third kappa shape index (κ3) is 2.85. The van der Waals surface area contributed by atoms with Crippen molar-refractivity contribution in [2.24, 2.45) is 5.73 Å². The van der Waals surface area contributed by atoms with E-state index >= 15 is 0 Å². The van der Waals surface area contributed by atoms with Crippen LogP contribution < -0.4 is 5.73 Å². The number of aromatic nitrogens is 3. The molecule has 0 spiro atoms. The van der Waals surface area contributed by atoms with E-state index in [0.29, 0.717) is 11.4 Å². The topological polar surface area (TPSA) is 67.6 Å². The van der Waals surface area contributed by atoms with Crippen molar-refractivity contribution in [1.82, 2.24) is 15.2 Å². The molecule has 0 aliphatic rings. The van der Waals surface area contributed by atoms with Crippen LogP contribution in [0, 0.1) is 0 Å². The molecule has 3 aromatic rings. The SMILES string of the molecule is CCCc1cc(-c2cccnc2)c2n[nH]c(CC(N)=S)c2c1. The lowest BCUT2D eigenvalue weighted by atomic mass is 9.97. The number of H-pyrrole nitrogens is 1. The molecule has 0 radical (unpaired) electrons. The van der Waals surface area contributed by atoms with Gasteiger partial charge in [0.05, 0.1) is 4.99 Å². The van der Waals surface area contributed by atoms with Gasteiger partial charge in [-0.25, -0.2) is 0 Å². The van der Waals surface area contributed by atoms with Crippen molar-refractivity contribution in [3.63, 3.8) is 0 Å². The number of hydrogen-bond acceptors (Lipinski definition) is 3. The van der Waals surface area contributed by atoms with Crippen molar-refractivity contribution in [2.75, 3.05) is 0 Å². The minimum absolute atomic E-state index is 0.467. The van der Waals surface area contributed by atoms with Gasteiger partial charge in [-0.3, -0.25) is 10.1 Å². The van der Waals surface area contributed by atoms with E-state index in [1.165, 1.54) is 5.56 Å². The molecule has 0 aliphatic carbocycles. The van der Waals surface area contributed by atoms with E-state index in [1.54, 1.807) is 6.20 Å². The van der Waals surface area contributed by atoms with Gasteiger partial charge in [0.1, 0.15) is 5.52 Å². The minimum atomic E-state index is 0.467. The fraction of sp³-hybridized carbons (Fsp3) is 0.235. The molecule has 3 rings (SSSR count). The van der Waals surface area contributed by atoms with E-state index in [0.717, 1.165) is 40.6 Å². The van der Waals surface area contributed by atoms with Gasteiger partial charge in [-0.2, -0.15) is 5.10 Å². The fourth-order valence-electron chi connectivity index (χ4n) is 2.71. The van der Waals surface area contributed by atoms with Crippen LogP contribution in [0.3, 0.4) is 0 Å². The Morgan fingerprint density at radius 2 is 2.23 bits per heavy atom. The average Bonchev–Trinajstić information content (AvgIpc) is 2.90. The zero-order valence-corrected chi connectivity index (χ0v) is 13.3. The third-order valence-corrected chi connectivity index (χ3v) is 3.80. The van der Waals surface area contributed by atoms with Crippen LogP contribution in [0.2, 0.25) is 0 Å². The van der Waals surface area contributed by atoms with Gasteiger partial charge in [0, 0.05) is 41.0 Å². The molecule has 1 aromatic carbocycles. The maximum Gasteiger partial charge on any atom is 0.100 e. The van der Waals surface area contributed by atoms with Gasteiger partial charge in [0.15, 0.2) is 0 Å². The van der Waals surface area contributed by atoms with Gasteiger partial charge >= 0.3 is 0 Å². The summed E-state index contributed by atoms with van der Waals surface area (Å²) in [5.74, 6) is 0. The molecule has 3 N–H and O–H groups in total. The predicted molar refractivity (Wildman–Crippen MR) is 93.8 cm³/mol. The number of pyridine rings is 1. The lowest BCUT2D eigenvalue weighted by Gasteiger charge is -2.07. The van der Waals surface area contributed by atoms with Crippen molar-refractivity contribution in [1.29, 1.82) is 0 Å². The number of nitrogens with two attached hydrogens (primary N) is 1. The number of aryl methyl sites for hydroxylation is 1. The van der Waals surface area contributed by atoms with Gasteiger partial charge in [0.25, 0.3) is 0 Å². The lowest BCUT2D eigenvalue weighted by molar-refractivity contribution is 0.924. The Labute approximate surface area is 134 Å². The Morgan fingerprint density at radius 3 is 2.91 bits per heavy atom. The second-order valence-corrected chi connectivity index (χ2v) is 5.90. The van der Waals surface area contributed by atoms with Crippen LogP contribution in [0.1, 0.15) is 24.6 Å². The van der Waals surface area contributed by atoms with Gasteiger partial charge in [-0.05, 0) is 30.2 Å². The minimum Gasteiger partial charge on any atom is -0.393 e. The summed E-state index contributed by atoms with van der Waals surface area (Å²) in [6, 6.07) is 8.39. The zero-order valence-electron chi connectivity index (χ0n) is 12.5. The molecule has 112 valence electrons. The van der Waals surface area contributed by atoms with E-state index in [1.807, 2.05) is 12.3 Å². The van der Waals surface area contributed by atoms with Crippen LogP contribution in [-0.4, -0.2) is 20.2 Å². The summed E-state index contributed by atoms with van der Waals surface area (Å²) in [5, 5.41) is 8.66. The number of hydrogen-bond donors (Lipinski definition) is 2. The first kappa shape index (κ1) is 14.7. The standard InChI is InChI=1S/C17H18N4S/c1-2-4-11-7-13(12-5-3-6-19-10-12)17-14(8-11)15(20-21-17)9-16(18)22/h3,5-8,10H,2,4,9H2,1H3,(H2,18,22)(H,20,21). The molecule has 0 aliphatic heterocycles. The summed E-state index contributed by atoms with van der Waals surface area (Å²) in [6.07, 6.45) is 6.31.